The van der Waals surface area contributed by atoms with Crippen LogP contribution in [0.5, 0.6) is 11.5 Å². The molecule has 0 N–H and O–H groups in total. The van der Waals surface area contributed by atoms with E-state index in [-0.39, 0.29) is 5.91 Å². The summed E-state index contributed by atoms with van der Waals surface area (Å²) in [5.41, 5.74) is 1.66. The van der Waals surface area contributed by atoms with Crippen molar-refractivity contribution in [1.82, 2.24) is 9.80 Å². The molecule has 1 aliphatic rings. The van der Waals surface area contributed by atoms with Gasteiger partial charge in [-0.25, -0.2) is 0 Å². The van der Waals surface area contributed by atoms with Crippen molar-refractivity contribution in [2.75, 3.05) is 46.7 Å². The summed E-state index contributed by atoms with van der Waals surface area (Å²) in [6.07, 6.45) is 1.99. The summed E-state index contributed by atoms with van der Waals surface area (Å²) in [6, 6.07) is 11.4. The van der Waals surface area contributed by atoms with E-state index in [2.05, 4.69) is 4.90 Å². The summed E-state index contributed by atoms with van der Waals surface area (Å²) in [5.74, 6) is 1.66. The van der Waals surface area contributed by atoms with Gasteiger partial charge in [-0.15, -0.1) is 11.8 Å². The number of benzene rings is 2. The molecule has 0 atom stereocenters. The van der Waals surface area contributed by atoms with Gasteiger partial charge in [-0.05, 0) is 42.7 Å². The number of halogens is 1. The second-order valence-electron chi connectivity index (χ2n) is 6.59. The highest BCUT2D eigenvalue weighted by atomic mass is 35.5. The fraction of sp³-hybridized carbons (Fsp3) is 0.381. The summed E-state index contributed by atoms with van der Waals surface area (Å²) in [5, 5.41) is 0.506. The fourth-order valence-electron chi connectivity index (χ4n) is 3.32. The van der Waals surface area contributed by atoms with E-state index in [4.69, 9.17) is 21.1 Å². The summed E-state index contributed by atoms with van der Waals surface area (Å²) < 4.78 is 10.8. The van der Waals surface area contributed by atoms with Gasteiger partial charge >= 0.3 is 0 Å². The van der Waals surface area contributed by atoms with Crippen LogP contribution in [0.25, 0.3) is 0 Å². The van der Waals surface area contributed by atoms with Gasteiger partial charge in [0.1, 0.15) is 11.5 Å². The molecule has 28 heavy (non-hydrogen) atoms. The van der Waals surface area contributed by atoms with Gasteiger partial charge < -0.3 is 14.4 Å². The Hall–Kier alpha value is -1.89. The van der Waals surface area contributed by atoms with E-state index in [1.165, 1.54) is 0 Å². The third-order valence-corrected chi connectivity index (χ3v) is 6.00. The zero-order chi connectivity index (χ0) is 20.1. The molecular formula is C21H25ClN2O3S. The van der Waals surface area contributed by atoms with Gasteiger partial charge in [-0.3, -0.25) is 9.69 Å². The third-order valence-electron chi connectivity index (χ3n) is 4.94. The van der Waals surface area contributed by atoms with E-state index in [0.29, 0.717) is 23.7 Å². The van der Waals surface area contributed by atoms with E-state index >= 15 is 0 Å². The summed E-state index contributed by atoms with van der Waals surface area (Å²) in [6.45, 7) is 3.69. The molecule has 0 saturated carbocycles. The van der Waals surface area contributed by atoms with E-state index in [9.17, 15) is 4.79 Å². The van der Waals surface area contributed by atoms with Crippen LogP contribution in [0.1, 0.15) is 15.9 Å². The first-order valence-corrected chi connectivity index (χ1v) is 10.7. The molecule has 0 unspecified atom stereocenters. The number of ether oxygens (including phenoxy) is 2. The maximum atomic E-state index is 12.9. The summed E-state index contributed by atoms with van der Waals surface area (Å²) >= 11 is 7.88. The average molecular weight is 421 g/mol. The molecule has 2 aromatic carbocycles. The molecule has 3 rings (SSSR count). The molecule has 1 aliphatic heterocycles. The quantitative estimate of drug-likeness (QED) is 0.660. The normalized spacial score (nSPS) is 14.8. The molecule has 1 amide bonds. The molecule has 0 spiro atoms. The van der Waals surface area contributed by atoms with Gasteiger partial charge in [0.2, 0.25) is 0 Å². The molecular weight excluding hydrogens is 396 g/mol. The largest absolute Gasteiger partial charge is 0.497 e. The Bertz CT molecular complexity index is 838. The molecule has 1 saturated heterocycles. The van der Waals surface area contributed by atoms with Gasteiger partial charge in [0, 0.05) is 43.2 Å². The zero-order valence-corrected chi connectivity index (χ0v) is 18.0. The lowest BCUT2D eigenvalue weighted by atomic mass is 10.1. The molecule has 2 aromatic rings. The van der Waals surface area contributed by atoms with Gasteiger partial charge in [-0.2, -0.15) is 0 Å². The van der Waals surface area contributed by atoms with Gasteiger partial charge in [0.05, 0.1) is 24.8 Å². The summed E-state index contributed by atoms with van der Waals surface area (Å²) in [7, 11) is 3.33. The van der Waals surface area contributed by atoms with Crippen LogP contribution in [0, 0.1) is 0 Å². The van der Waals surface area contributed by atoms with Crippen molar-refractivity contribution in [2.24, 2.45) is 0 Å². The SMILES string of the molecule is COc1ccc(OC)c(CN2CCN(C(=O)c3cc(SC)ccc3Cl)CC2)c1. The first kappa shape index (κ1) is 20.8. The molecule has 0 radical (unpaired) electrons. The minimum absolute atomic E-state index is 0.000453. The third kappa shape index (κ3) is 4.74. The lowest BCUT2D eigenvalue weighted by Gasteiger charge is -2.35. The van der Waals surface area contributed by atoms with E-state index in [1.807, 2.05) is 41.5 Å². The van der Waals surface area contributed by atoms with Gasteiger partial charge in [0.25, 0.3) is 5.91 Å². The van der Waals surface area contributed by atoms with Gasteiger partial charge in [0.15, 0.2) is 0 Å². The first-order chi connectivity index (χ1) is 13.5. The molecule has 1 fully saturated rings. The number of piperazine rings is 1. The highest BCUT2D eigenvalue weighted by Gasteiger charge is 2.24. The summed E-state index contributed by atoms with van der Waals surface area (Å²) in [4.78, 5) is 18.2. The number of methoxy groups -OCH3 is 2. The van der Waals surface area contributed by atoms with Crippen LogP contribution in [-0.2, 0) is 6.54 Å². The monoisotopic (exact) mass is 420 g/mol. The highest BCUT2D eigenvalue weighted by molar-refractivity contribution is 7.98. The highest BCUT2D eigenvalue weighted by Crippen LogP contribution is 2.27. The predicted molar refractivity (Wildman–Crippen MR) is 114 cm³/mol. The average Bonchev–Trinajstić information content (AvgIpc) is 2.74. The van der Waals surface area contributed by atoms with Crippen molar-refractivity contribution in [3.8, 4) is 11.5 Å². The number of carbonyl (C=O) groups excluding carboxylic acids is 1. The van der Waals surface area contributed by atoms with Crippen molar-refractivity contribution in [2.45, 2.75) is 11.4 Å². The Labute approximate surface area is 175 Å². The van der Waals surface area contributed by atoms with Crippen LogP contribution in [0.3, 0.4) is 0 Å². The second kappa shape index (κ2) is 9.54. The number of hydrogen-bond donors (Lipinski definition) is 0. The Kier molecular flexibility index (Phi) is 7.10. The van der Waals surface area contributed by atoms with E-state index in [0.717, 1.165) is 41.6 Å². The Morgan fingerprint density at radius 3 is 2.46 bits per heavy atom. The molecule has 1 heterocycles. The minimum atomic E-state index is -0.000453. The number of nitrogens with zero attached hydrogens (tertiary/aromatic N) is 2. The van der Waals surface area contributed by atoms with Crippen molar-refractivity contribution in [1.29, 1.82) is 0 Å². The first-order valence-electron chi connectivity index (χ1n) is 9.11. The van der Waals surface area contributed by atoms with Gasteiger partial charge in [-0.1, -0.05) is 11.6 Å². The Balaban J connectivity index is 1.64. The van der Waals surface area contributed by atoms with Crippen LogP contribution >= 0.6 is 23.4 Å². The number of thioether (sulfide) groups is 1. The topological polar surface area (TPSA) is 42.0 Å². The standard InChI is InChI=1S/C21H25ClN2O3S/c1-26-16-4-7-20(27-2)15(12-16)14-23-8-10-24(11-9-23)21(25)18-13-17(28-3)5-6-19(18)22/h4-7,12-13H,8-11,14H2,1-3H3. The molecule has 0 aromatic heterocycles. The molecule has 7 heteroatoms. The number of amides is 1. The number of rotatable bonds is 6. The smallest absolute Gasteiger partial charge is 0.255 e. The van der Waals surface area contributed by atoms with E-state index < -0.39 is 0 Å². The maximum absolute atomic E-state index is 12.9. The number of hydrogen-bond acceptors (Lipinski definition) is 5. The predicted octanol–water partition coefficient (Wildman–Crippen LogP) is 4.04. The minimum Gasteiger partial charge on any atom is -0.497 e. The van der Waals surface area contributed by atoms with Crippen LogP contribution in [0.2, 0.25) is 5.02 Å². The Morgan fingerprint density at radius 2 is 1.82 bits per heavy atom. The number of carbonyl (C=O) groups is 1. The molecule has 0 aliphatic carbocycles. The van der Waals surface area contributed by atoms with Crippen molar-refractivity contribution >= 4 is 29.3 Å². The van der Waals surface area contributed by atoms with E-state index in [1.54, 1.807) is 32.0 Å². The van der Waals surface area contributed by atoms with Crippen LogP contribution in [0.15, 0.2) is 41.3 Å². The maximum Gasteiger partial charge on any atom is 0.255 e. The van der Waals surface area contributed by atoms with Crippen molar-refractivity contribution < 1.29 is 14.3 Å². The van der Waals surface area contributed by atoms with Crippen LogP contribution < -0.4 is 9.47 Å². The lowest BCUT2D eigenvalue weighted by molar-refractivity contribution is 0.0627. The second-order valence-corrected chi connectivity index (χ2v) is 7.88. The molecule has 150 valence electrons. The molecule has 5 nitrogen and oxygen atoms in total. The fourth-order valence-corrected chi connectivity index (χ4v) is 3.96. The van der Waals surface area contributed by atoms with Crippen LogP contribution in [-0.4, -0.2) is 62.4 Å². The van der Waals surface area contributed by atoms with Crippen molar-refractivity contribution in [3.05, 3.63) is 52.5 Å². The van der Waals surface area contributed by atoms with Crippen molar-refractivity contribution in [3.63, 3.8) is 0 Å². The van der Waals surface area contributed by atoms with Crippen LogP contribution in [0.4, 0.5) is 0 Å². The lowest BCUT2D eigenvalue weighted by Crippen LogP contribution is -2.48. The zero-order valence-electron chi connectivity index (χ0n) is 16.4. The molecule has 0 bridgehead atoms. The Morgan fingerprint density at radius 1 is 1.07 bits per heavy atom.